The molecule has 2 aromatic rings. The third-order valence-corrected chi connectivity index (χ3v) is 8.42. The Morgan fingerprint density at radius 2 is 1.94 bits per heavy atom. The molecule has 0 aromatic heterocycles. The highest BCUT2D eigenvalue weighted by Crippen LogP contribution is 2.53. The number of benzene rings is 2. The van der Waals surface area contributed by atoms with Crippen molar-refractivity contribution in [3.8, 4) is 5.75 Å². The summed E-state index contributed by atoms with van der Waals surface area (Å²) in [6.45, 7) is 1.50. The summed E-state index contributed by atoms with van der Waals surface area (Å²) in [5, 5.41) is 24.0. The number of aromatic hydroxyl groups is 1. The summed E-state index contributed by atoms with van der Waals surface area (Å²) in [6, 6.07) is 10.8. The van der Waals surface area contributed by atoms with Gasteiger partial charge >= 0.3 is 0 Å². The number of para-hydroxylation sites is 1. The van der Waals surface area contributed by atoms with E-state index in [1.165, 1.54) is 19.1 Å². The SMILES string of the molecule is CC1(S(=O)(=O)O)CCCC1N1/C(=C2\C(=O)Nc3ccc(O)cc32)C(O)c2ccccc21. The predicted octanol–water partition coefficient (Wildman–Crippen LogP) is 2.81. The highest BCUT2D eigenvalue weighted by molar-refractivity contribution is 7.87. The molecule has 3 atom stereocenters. The highest BCUT2D eigenvalue weighted by atomic mass is 32.2. The van der Waals surface area contributed by atoms with E-state index in [-0.39, 0.29) is 23.4 Å². The first-order valence-corrected chi connectivity index (χ1v) is 11.5. The van der Waals surface area contributed by atoms with E-state index in [9.17, 15) is 28.0 Å². The zero-order valence-corrected chi connectivity index (χ0v) is 17.6. The summed E-state index contributed by atoms with van der Waals surface area (Å²) in [5.74, 6) is -0.479. The molecule has 2 aromatic carbocycles. The number of rotatable bonds is 2. The smallest absolute Gasteiger partial charge is 0.272 e. The van der Waals surface area contributed by atoms with Gasteiger partial charge in [0.1, 0.15) is 16.6 Å². The number of phenolic OH excluding ortho intramolecular Hbond substituents is 1. The van der Waals surface area contributed by atoms with E-state index < -0.39 is 32.9 Å². The first-order valence-electron chi connectivity index (χ1n) is 10.1. The number of fused-ring (bicyclic) bond motifs is 2. The van der Waals surface area contributed by atoms with Crippen LogP contribution in [0.25, 0.3) is 5.57 Å². The number of carbonyl (C=O) groups is 1. The molecule has 3 aliphatic rings. The third kappa shape index (κ3) is 2.73. The Balaban J connectivity index is 1.80. The summed E-state index contributed by atoms with van der Waals surface area (Å²) < 4.78 is 33.4. The largest absolute Gasteiger partial charge is 0.508 e. The number of anilines is 2. The van der Waals surface area contributed by atoms with Crippen molar-refractivity contribution in [2.24, 2.45) is 0 Å². The van der Waals surface area contributed by atoms with Crippen LogP contribution in [0.2, 0.25) is 0 Å². The molecule has 1 aliphatic carbocycles. The zero-order valence-electron chi connectivity index (χ0n) is 16.7. The van der Waals surface area contributed by atoms with Crippen LogP contribution in [0, 0.1) is 0 Å². The lowest BCUT2D eigenvalue weighted by Gasteiger charge is -2.38. The Labute approximate surface area is 179 Å². The first kappa shape index (κ1) is 20.0. The van der Waals surface area contributed by atoms with E-state index >= 15 is 0 Å². The predicted molar refractivity (Wildman–Crippen MR) is 115 cm³/mol. The maximum absolute atomic E-state index is 13.0. The number of carbonyl (C=O) groups excluding carboxylic acids is 1. The van der Waals surface area contributed by atoms with Crippen molar-refractivity contribution < 1.29 is 28.0 Å². The number of aliphatic hydroxyl groups is 1. The van der Waals surface area contributed by atoms with Crippen molar-refractivity contribution in [3.05, 3.63) is 59.3 Å². The molecule has 5 rings (SSSR count). The van der Waals surface area contributed by atoms with Crippen molar-refractivity contribution in [3.63, 3.8) is 0 Å². The van der Waals surface area contributed by atoms with Gasteiger partial charge in [0.15, 0.2) is 0 Å². The molecule has 0 bridgehead atoms. The van der Waals surface area contributed by atoms with E-state index in [0.29, 0.717) is 35.3 Å². The standard InChI is InChI=1S/C22H22N2O6S/c1-22(31(28,29)30)10-4-7-17(22)24-16-6-3-2-5-13(16)20(26)19(24)18-14-11-12(25)8-9-15(14)23-21(18)27/h2-3,5-6,8-9,11,17,20,25-26H,4,7,10H2,1H3,(H,23,27)(H,28,29,30)/b19-18-. The van der Waals surface area contributed by atoms with Crippen molar-refractivity contribution >= 4 is 33.0 Å². The Morgan fingerprint density at radius 3 is 2.68 bits per heavy atom. The lowest BCUT2D eigenvalue weighted by Crippen LogP contribution is -2.51. The van der Waals surface area contributed by atoms with Crippen LogP contribution >= 0.6 is 0 Å². The fourth-order valence-corrected chi connectivity index (χ4v) is 6.14. The number of nitrogens with one attached hydrogen (secondary N) is 1. The number of aliphatic hydroxyl groups excluding tert-OH is 1. The minimum Gasteiger partial charge on any atom is -0.508 e. The molecule has 31 heavy (non-hydrogen) atoms. The fourth-order valence-electron chi connectivity index (χ4n) is 5.17. The molecule has 4 N–H and O–H groups in total. The van der Waals surface area contributed by atoms with Gasteiger partial charge in [-0.05, 0) is 50.5 Å². The van der Waals surface area contributed by atoms with Gasteiger partial charge in [-0.3, -0.25) is 9.35 Å². The van der Waals surface area contributed by atoms with Crippen LogP contribution in [-0.4, -0.2) is 39.9 Å². The van der Waals surface area contributed by atoms with Gasteiger partial charge in [-0.1, -0.05) is 18.2 Å². The van der Waals surface area contributed by atoms with Gasteiger partial charge in [0.25, 0.3) is 16.0 Å². The Kier molecular flexibility index (Phi) is 4.24. The molecule has 8 nitrogen and oxygen atoms in total. The van der Waals surface area contributed by atoms with Crippen molar-refractivity contribution in [1.29, 1.82) is 0 Å². The summed E-state index contributed by atoms with van der Waals surface area (Å²) in [5.41, 5.74) is 2.52. The van der Waals surface area contributed by atoms with Gasteiger partial charge in [0.05, 0.1) is 17.3 Å². The van der Waals surface area contributed by atoms with Crippen LogP contribution < -0.4 is 10.2 Å². The van der Waals surface area contributed by atoms with Crippen LogP contribution in [0.15, 0.2) is 48.2 Å². The molecule has 9 heteroatoms. The van der Waals surface area contributed by atoms with Gasteiger partial charge in [-0.2, -0.15) is 8.42 Å². The van der Waals surface area contributed by atoms with Crippen molar-refractivity contribution in [2.75, 3.05) is 10.2 Å². The molecule has 1 fully saturated rings. The van der Waals surface area contributed by atoms with Gasteiger partial charge in [0.2, 0.25) is 0 Å². The Bertz CT molecular complexity index is 1250. The van der Waals surface area contributed by atoms with Crippen LogP contribution in [0.5, 0.6) is 5.75 Å². The molecule has 1 amide bonds. The second-order valence-electron chi connectivity index (χ2n) is 8.47. The Hall–Kier alpha value is -2.88. The summed E-state index contributed by atoms with van der Waals surface area (Å²) in [6.07, 6.45) is 0.124. The molecular weight excluding hydrogens is 420 g/mol. The molecule has 0 spiro atoms. The monoisotopic (exact) mass is 442 g/mol. The zero-order chi connectivity index (χ0) is 22.1. The molecule has 1 saturated carbocycles. The molecule has 2 heterocycles. The maximum atomic E-state index is 13.0. The van der Waals surface area contributed by atoms with Gasteiger partial charge in [-0.25, -0.2) is 0 Å². The Morgan fingerprint density at radius 1 is 1.19 bits per heavy atom. The number of nitrogens with zero attached hydrogens (tertiary/aromatic N) is 1. The second-order valence-corrected chi connectivity index (χ2v) is 10.4. The summed E-state index contributed by atoms with van der Waals surface area (Å²) in [4.78, 5) is 14.7. The second kappa shape index (κ2) is 6.56. The van der Waals surface area contributed by atoms with Crippen molar-refractivity contribution in [2.45, 2.75) is 43.1 Å². The molecule has 2 aliphatic heterocycles. The fraction of sp³-hybridized carbons (Fsp3) is 0.318. The average molecular weight is 442 g/mol. The molecule has 0 radical (unpaired) electrons. The highest BCUT2D eigenvalue weighted by Gasteiger charge is 2.55. The van der Waals surface area contributed by atoms with E-state index in [4.69, 9.17) is 0 Å². The van der Waals surface area contributed by atoms with E-state index in [0.717, 1.165) is 0 Å². The lowest BCUT2D eigenvalue weighted by molar-refractivity contribution is -0.110. The quantitative estimate of drug-likeness (QED) is 0.320. The number of hydrogen-bond donors (Lipinski definition) is 4. The van der Waals surface area contributed by atoms with Crippen LogP contribution in [0.1, 0.15) is 43.4 Å². The number of phenols is 1. The van der Waals surface area contributed by atoms with Crippen LogP contribution in [0.4, 0.5) is 11.4 Å². The van der Waals surface area contributed by atoms with Crippen molar-refractivity contribution in [1.82, 2.24) is 0 Å². The van der Waals surface area contributed by atoms with Gasteiger partial charge < -0.3 is 20.4 Å². The molecule has 3 unspecified atom stereocenters. The minimum absolute atomic E-state index is 0.0338. The summed E-state index contributed by atoms with van der Waals surface area (Å²) >= 11 is 0. The van der Waals surface area contributed by atoms with Crippen LogP contribution in [-0.2, 0) is 14.9 Å². The number of hydrogen-bond acceptors (Lipinski definition) is 6. The van der Waals surface area contributed by atoms with Gasteiger partial charge in [0, 0.05) is 22.5 Å². The summed E-state index contributed by atoms with van der Waals surface area (Å²) in [7, 11) is -4.42. The molecule has 0 saturated heterocycles. The molecule has 162 valence electrons. The molecular formula is C22H22N2O6S. The first-order chi connectivity index (χ1) is 14.6. The normalized spacial score (nSPS) is 29.8. The van der Waals surface area contributed by atoms with Gasteiger partial charge in [-0.15, -0.1) is 0 Å². The van der Waals surface area contributed by atoms with E-state index in [1.807, 2.05) is 0 Å². The topological polar surface area (TPSA) is 127 Å². The minimum atomic E-state index is -4.42. The maximum Gasteiger partial charge on any atom is 0.272 e. The van der Waals surface area contributed by atoms with Crippen LogP contribution in [0.3, 0.4) is 0 Å². The third-order valence-electron chi connectivity index (χ3n) is 6.77. The van der Waals surface area contributed by atoms with E-state index in [1.54, 1.807) is 35.2 Å². The number of amides is 1. The average Bonchev–Trinajstić information content (AvgIpc) is 3.33. The lowest BCUT2D eigenvalue weighted by atomic mass is 9.98. The van der Waals surface area contributed by atoms with E-state index in [2.05, 4.69) is 5.32 Å².